The first-order valence-corrected chi connectivity index (χ1v) is 12.3. The van der Waals surface area contributed by atoms with E-state index in [-0.39, 0.29) is 24.5 Å². The summed E-state index contributed by atoms with van der Waals surface area (Å²) < 4.78 is 10.5. The number of ether oxygens (including phenoxy) is 2. The third kappa shape index (κ3) is 5.57. The fourth-order valence-electron chi connectivity index (χ4n) is 4.13. The van der Waals surface area contributed by atoms with Crippen molar-refractivity contribution in [2.75, 3.05) is 56.6 Å². The van der Waals surface area contributed by atoms with E-state index in [0.29, 0.717) is 63.0 Å². The smallest absolute Gasteiger partial charge is 0.410 e. The molecule has 0 radical (unpaired) electrons. The predicted molar refractivity (Wildman–Crippen MR) is 130 cm³/mol. The number of amides is 3. The number of nitrogens with one attached hydrogen (secondary N) is 2. The van der Waals surface area contributed by atoms with E-state index in [0.717, 1.165) is 21.7 Å². The molecular weight excluding hydrogens is 456 g/mol. The first-order valence-electron chi connectivity index (χ1n) is 11.5. The van der Waals surface area contributed by atoms with Gasteiger partial charge in [-0.1, -0.05) is 18.2 Å². The van der Waals surface area contributed by atoms with E-state index in [1.807, 2.05) is 36.1 Å². The summed E-state index contributed by atoms with van der Waals surface area (Å²) >= 11 is 1.35. The number of carbonyl (C=O) groups excluding carboxylic acids is 3. The van der Waals surface area contributed by atoms with Crippen LogP contribution in [0.1, 0.15) is 33.3 Å². The van der Waals surface area contributed by atoms with E-state index >= 15 is 0 Å². The number of hydrogen-bond donors (Lipinski definition) is 2. The van der Waals surface area contributed by atoms with Gasteiger partial charge in [-0.3, -0.25) is 14.5 Å². The van der Waals surface area contributed by atoms with E-state index in [1.165, 1.54) is 11.3 Å². The number of nitrogens with zero attached hydrogens (tertiary/aromatic N) is 2. The van der Waals surface area contributed by atoms with Crippen LogP contribution < -0.4 is 10.6 Å². The van der Waals surface area contributed by atoms with Crippen molar-refractivity contribution in [1.82, 2.24) is 9.80 Å². The van der Waals surface area contributed by atoms with Gasteiger partial charge >= 0.3 is 6.09 Å². The van der Waals surface area contributed by atoms with Gasteiger partial charge in [0.2, 0.25) is 5.91 Å². The van der Waals surface area contributed by atoms with Crippen LogP contribution in [0, 0.1) is 6.92 Å². The lowest BCUT2D eigenvalue weighted by Crippen LogP contribution is -2.41. The number of anilines is 2. The minimum absolute atomic E-state index is 0.173. The minimum atomic E-state index is -0.370. The van der Waals surface area contributed by atoms with Gasteiger partial charge in [-0.2, -0.15) is 0 Å². The third-order valence-electron chi connectivity index (χ3n) is 5.93. The van der Waals surface area contributed by atoms with Crippen molar-refractivity contribution >= 4 is 39.9 Å². The zero-order valence-corrected chi connectivity index (χ0v) is 20.3. The standard InChI is InChI=1S/C24H30N4O5S/c1-3-33-24(31)28-9-8-17-19(14-28)34-23(26-20(29)15-27-10-12-32-13-11-27)21(17)22(30)25-18-7-5-4-6-16(18)2/h4-7H,3,8-15H2,1-2H3,(H,25,30)(H,26,29). The zero-order chi connectivity index (χ0) is 24.1. The fourth-order valence-corrected chi connectivity index (χ4v) is 5.41. The van der Waals surface area contributed by atoms with Gasteiger partial charge in [0.15, 0.2) is 0 Å². The van der Waals surface area contributed by atoms with Gasteiger partial charge in [-0.05, 0) is 37.5 Å². The molecule has 1 saturated heterocycles. The SMILES string of the molecule is CCOC(=O)N1CCc2c(sc(NC(=O)CN3CCOCC3)c2C(=O)Nc2ccccc2C)C1. The van der Waals surface area contributed by atoms with Crippen molar-refractivity contribution in [3.05, 3.63) is 45.8 Å². The normalized spacial score (nSPS) is 16.0. The van der Waals surface area contributed by atoms with Crippen molar-refractivity contribution in [2.45, 2.75) is 26.8 Å². The predicted octanol–water partition coefficient (Wildman–Crippen LogP) is 3.09. The highest BCUT2D eigenvalue weighted by molar-refractivity contribution is 7.17. The molecule has 0 unspecified atom stereocenters. The number of morpholine rings is 1. The average Bonchev–Trinajstić information content (AvgIpc) is 3.18. The van der Waals surface area contributed by atoms with Crippen LogP contribution in [0.4, 0.5) is 15.5 Å². The van der Waals surface area contributed by atoms with E-state index in [4.69, 9.17) is 9.47 Å². The summed E-state index contributed by atoms with van der Waals surface area (Å²) in [6, 6.07) is 7.57. The molecule has 0 saturated carbocycles. The van der Waals surface area contributed by atoms with Crippen molar-refractivity contribution in [3.63, 3.8) is 0 Å². The lowest BCUT2D eigenvalue weighted by atomic mass is 10.0. The molecule has 2 aromatic rings. The van der Waals surface area contributed by atoms with E-state index in [9.17, 15) is 14.4 Å². The molecule has 1 aromatic heterocycles. The van der Waals surface area contributed by atoms with E-state index in [1.54, 1.807) is 11.8 Å². The summed E-state index contributed by atoms with van der Waals surface area (Å²) in [4.78, 5) is 43.1. The van der Waals surface area contributed by atoms with Crippen molar-refractivity contribution in [1.29, 1.82) is 0 Å². The van der Waals surface area contributed by atoms with Crippen LogP contribution in [0.15, 0.2) is 24.3 Å². The molecule has 3 heterocycles. The number of carbonyl (C=O) groups is 3. The van der Waals surface area contributed by atoms with E-state index in [2.05, 4.69) is 10.6 Å². The number of hydrogen-bond acceptors (Lipinski definition) is 7. The topological polar surface area (TPSA) is 100 Å². The molecule has 34 heavy (non-hydrogen) atoms. The highest BCUT2D eigenvalue weighted by atomic mass is 32.1. The Morgan fingerprint density at radius 1 is 1.12 bits per heavy atom. The van der Waals surface area contributed by atoms with Crippen molar-refractivity contribution in [3.8, 4) is 0 Å². The summed E-state index contributed by atoms with van der Waals surface area (Å²) in [5, 5.41) is 6.48. The molecule has 9 nitrogen and oxygen atoms in total. The highest BCUT2D eigenvalue weighted by Crippen LogP contribution is 2.38. The molecule has 0 spiro atoms. The molecule has 1 aromatic carbocycles. The van der Waals surface area contributed by atoms with Crippen LogP contribution in [0.3, 0.4) is 0 Å². The van der Waals surface area contributed by atoms with Gasteiger partial charge in [0.1, 0.15) is 5.00 Å². The summed E-state index contributed by atoms with van der Waals surface area (Å²) in [7, 11) is 0. The lowest BCUT2D eigenvalue weighted by Gasteiger charge is -2.26. The number of aryl methyl sites for hydroxylation is 1. The third-order valence-corrected chi connectivity index (χ3v) is 7.06. The number of benzene rings is 1. The molecule has 0 atom stereocenters. The maximum Gasteiger partial charge on any atom is 0.410 e. The van der Waals surface area contributed by atoms with E-state index < -0.39 is 0 Å². The lowest BCUT2D eigenvalue weighted by molar-refractivity contribution is -0.118. The first-order chi connectivity index (χ1) is 16.5. The maximum atomic E-state index is 13.4. The molecule has 0 aliphatic carbocycles. The Morgan fingerprint density at radius 2 is 1.88 bits per heavy atom. The van der Waals surface area contributed by atoms with Crippen LogP contribution in [0.25, 0.3) is 0 Å². The molecule has 2 aliphatic rings. The molecule has 3 amide bonds. The number of rotatable bonds is 6. The van der Waals surface area contributed by atoms with Gasteiger partial charge in [0, 0.05) is 30.2 Å². The molecule has 2 aliphatic heterocycles. The summed E-state index contributed by atoms with van der Waals surface area (Å²) in [6.45, 7) is 7.65. The number of thiophene rings is 1. The summed E-state index contributed by atoms with van der Waals surface area (Å²) in [5.41, 5.74) is 3.02. The van der Waals surface area contributed by atoms with Gasteiger partial charge in [0.25, 0.3) is 5.91 Å². The molecule has 4 rings (SSSR count). The minimum Gasteiger partial charge on any atom is -0.450 e. The number of fused-ring (bicyclic) bond motifs is 1. The van der Waals surface area contributed by atoms with Crippen LogP contribution >= 0.6 is 11.3 Å². The molecule has 10 heteroatoms. The second-order valence-corrected chi connectivity index (χ2v) is 9.39. The average molecular weight is 487 g/mol. The van der Waals surface area contributed by atoms with Gasteiger partial charge in [0.05, 0.1) is 38.5 Å². The van der Waals surface area contributed by atoms with Gasteiger partial charge in [-0.15, -0.1) is 11.3 Å². The Balaban J connectivity index is 1.58. The molecule has 0 bridgehead atoms. The Hall–Kier alpha value is -2.95. The maximum absolute atomic E-state index is 13.4. The molecule has 2 N–H and O–H groups in total. The second kappa shape index (κ2) is 11.0. The Kier molecular flexibility index (Phi) is 7.81. The molecular formula is C24H30N4O5S. The van der Waals surface area contributed by atoms with Crippen molar-refractivity contribution in [2.24, 2.45) is 0 Å². The van der Waals surface area contributed by atoms with Crippen LogP contribution in [-0.4, -0.2) is 73.7 Å². The second-order valence-electron chi connectivity index (χ2n) is 8.28. The Labute approximate surface area is 203 Å². The Bertz CT molecular complexity index is 1060. The zero-order valence-electron chi connectivity index (χ0n) is 19.5. The summed E-state index contributed by atoms with van der Waals surface area (Å²) in [6.07, 6.45) is 0.144. The van der Waals surface area contributed by atoms with Crippen LogP contribution in [0.2, 0.25) is 0 Å². The van der Waals surface area contributed by atoms with Crippen LogP contribution in [0.5, 0.6) is 0 Å². The number of para-hydroxylation sites is 1. The van der Waals surface area contributed by atoms with Gasteiger partial charge in [-0.25, -0.2) is 4.79 Å². The largest absolute Gasteiger partial charge is 0.450 e. The monoisotopic (exact) mass is 486 g/mol. The first kappa shape index (κ1) is 24.2. The fraction of sp³-hybridized carbons (Fsp3) is 0.458. The molecule has 182 valence electrons. The Morgan fingerprint density at radius 3 is 2.62 bits per heavy atom. The quantitative estimate of drug-likeness (QED) is 0.651. The molecule has 1 fully saturated rings. The van der Waals surface area contributed by atoms with Crippen molar-refractivity contribution < 1.29 is 23.9 Å². The highest BCUT2D eigenvalue weighted by Gasteiger charge is 2.31. The van der Waals surface area contributed by atoms with Crippen LogP contribution in [-0.2, 0) is 27.2 Å². The summed E-state index contributed by atoms with van der Waals surface area (Å²) in [5.74, 6) is -0.439. The van der Waals surface area contributed by atoms with Gasteiger partial charge < -0.3 is 25.0 Å².